The zero-order chi connectivity index (χ0) is 55.7. The Morgan fingerprint density at radius 3 is 1.29 bits per heavy atom. The van der Waals surface area contributed by atoms with Crippen LogP contribution in [0.15, 0.2) is 85.1 Å². The molecule has 0 aliphatic rings. The molecule has 3 unspecified atom stereocenters. The van der Waals surface area contributed by atoms with E-state index in [1.54, 1.807) is 0 Å². The maximum atomic E-state index is 13.5. The number of ether oxygens (including phenoxy) is 1. The lowest BCUT2D eigenvalue weighted by Gasteiger charge is -2.30. The number of phosphoric ester groups is 1. The van der Waals surface area contributed by atoms with Crippen LogP contribution in [0.5, 0.6) is 0 Å². The summed E-state index contributed by atoms with van der Waals surface area (Å²) in [6.07, 6.45) is 72.6. The summed E-state index contributed by atoms with van der Waals surface area (Å²) in [5, 5.41) is 3.02. The number of allylic oxidation sites excluding steroid dienone is 13. The molecule has 0 saturated carbocycles. The molecule has 0 heterocycles. The number of carbonyl (C=O) groups is 2. The van der Waals surface area contributed by atoms with Crippen molar-refractivity contribution < 1.29 is 37.3 Å². The first-order valence-electron chi connectivity index (χ1n) is 31.4. The second-order valence-corrected chi connectivity index (χ2v) is 23.6. The largest absolute Gasteiger partial charge is 0.756 e. The summed E-state index contributed by atoms with van der Waals surface area (Å²) in [4.78, 5) is 40.0. The van der Waals surface area contributed by atoms with E-state index in [0.717, 1.165) is 109 Å². The molecular formula is C66H119N2O7P. The fourth-order valence-electron chi connectivity index (χ4n) is 8.72. The number of nitrogens with one attached hydrogen (secondary N) is 1. The number of rotatable bonds is 56. The van der Waals surface area contributed by atoms with Gasteiger partial charge in [-0.1, -0.05) is 241 Å². The molecule has 3 atom stereocenters. The van der Waals surface area contributed by atoms with Crippen molar-refractivity contribution >= 4 is 19.7 Å². The first kappa shape index (κ1) is 73.2. The first-order chi connectivity index (χ1) is 36.9. The highest BCUT2D eigenvalue weighted by atomic mass is 31.2. The Bertz CT molecular complexity index is 1580. The van der Waals surface area contributed by atoms with Crippen LogP contribution in [0.4, 0.5) is 0 Å². The average molecular weight is 1080 g/mol. The standard InChI is InChI=1S/C66H119N2O7P/c1-7-10-13-16-19-22-25-28-30-31-32-33-34-35-36-37-38-40-43-46-49-52-55-58-65(69)67-63(62-74-76(71,72)73-61-60-68(4,5)6)64(57-54-51-48-45-42-39-27-24-21-18-15-12-9-3)75-66(70)59-56-53-50-47-44-41-29-26-23-20-17-14-11-8-2/h11,14,19-20,22-23,28-30,32-33,41,54,57,63-64H,7-10,12-13,15-18,21,24-27,31,34-40,42-53,55-56,58-62H2,1-6H3,(H-,67,69,71,72)/b14-11+,22-19-,23-20+,30-28-,33-32-,41-29+,57-54-. The van der Waals surface area contributed by atoms with Gasteiger partial charge in [-0.3, -0.25) is 14.2 Å². The number of hydrogen-bond donors (Lipinski definition) is 1. The molecule has 1 amide bonds. The van der Waals surface area contributed by atoms with E-state index in [0.29, 0.717) is 23.9 Å². The summed E-state index contributed by atoms with van der Waals surface area (Å²) >= 11 is 0. The van der Waals surface area contributed by atoms with Gasteiger partial charge in [-0.15, -0.1) is 0 Å². The summed E-state index contributed by atoms with van der Waals surface area (Å²) in [5.41, 5.74) is 0. The van der Waals surface area contributed by atoms with Gasteiger partial charge < -0.3 is 28.5 Å². The van der Waals surface area contributed by atoms with Gasteiger partial charge in [-0.05, 0) is 102 Å². The number of likely N-dealkylation sites (N-methyl/N-ethyl adjacent to an activating group) is 1. The third-order valence-electron chi connectivity index (χ3n) is 13.6. The number of phosphoric acid groups is 1. The topological polar surface area (TPSA) is 114 Å². The summed E-state index contributed by atoms with van der Waals surface area (Å²) in [6.45, 7) is 6.69. The zero-order valence-corrected chi connectivity index (χ0v) is 51.1. The summed E-state index contributed by atoms with van der Waals surface area (Å²) in [7, 11) is 1.16. The molecule has 0 aromatic heterocycles. The van der Waals surface area contributed by atoms with Crippen LogP contribution < -0.4 is 10.2 Å². The highest BCUT2D eigenvalue weighted by Crippen LogP contribution is 2.38. The maximum absolute atomic E-state index is 13.5. The highest BCUT2D eigenvalue weighted by Gasteiger charge is 2.27. The lowest BCUT2D eigenvalue weighted by Crippen LogP contribution is -2.47. The number of nitrogens with zero attached hydrogens (tertiary/aromatic N) is 1. The molecule has 0 aliphatic heterocycles. The molecule has 0 saturated heterocycles. The van der Waals surface area contributed by atoms with E-state index in [4.69, 9.17) is 13.8 Å². The van der Waals surface area contributed by atoms with Crippen LogP contribution >= 0.6 is 7.82 Å². The second-order valence-electron chi connectivity index (χ2n) is 22.2. The van der Waals surface area contributed by atoms with Crippen LogP contribution in [-0.4, -0.2) is 69.4 Å². The minimum absolute atomic E-state index is 0.0300. The molecular weight excluding hydrogens is 964 g/mol. The third-order valence-corrected chi connectivity index (χ3v) is 14.5. The average Bonchev–Trinajstić information content (AvgIpc) is 3.38. The van der Waals surface area contributed by atoms with Crippen molar-refractivity contribution in [3.8, 4) is 0 Å². The fraction of sp³-hybridized carbons (Fsp3) is 0.758. The number of unbranched alkanes of at least 4 members (excludes halogenated alkanes) is 28. The fourth-order valence-corrected chi connectivity index (χ4v) is 9.44. The first-order valence-corrected chi connectivity index (χ1v) is 32.9. The van der Waals surface area contributed by atoms with Crippen molar-refractivity contribution in [2.24, 2.45) is 0 Å². The van der Waals surface area contributed by atoms with E-state index < -0.39 is 26.6 Å². The van der Waals surface area contributed by atoms with Crippen LogP contribution in [0.3, 0.4) is 0 Å². The van der Waals surface area contributed by atoms with E-state index in [-0.39, 0.29) is 24.9 Å². The normalized spacial score (nSPS) is 14.2. The van der Waals surface area contributed by atoms with Gasteiger partial charge in [0.2, 0.25) is 5.91 Å². The van der Waals surface area contributed by atoms with Crippen LogP contribution in [0.25, 0.3) is 0 Å². The predicted octanol–water partition coefficient (Wildman–Crippen LogP) is 18.8. The highest BCUT2D eigenvalue weighted by molar-refractivity contribution is 7.45. The van der Waals surface area contributed by atoms with Gasteiger partial charge in [-0.25, -0.2) is 0 Å². The predicted molar refractivity (Wildman–Crippen MR) is 325 cm³/mol. The van der Waals surface area contributed by atoms with Crippen molar-refractivity contribution in [3.63, 3.8) is 0 Å². The lowest BCUT2D eigenvalue weighted by molar-refractivity contribution is -0.870. The number of esters is 1. The van der Waals surface area contributed by atoms with Gasteiger partial charge >= 0.3 is 5.97 Å². The van der Waals surface area contributed by atoms with Crippen molar-refractivity contribution in [2.75, 3.05) is 40.9 Å². The monoisotopic (exact) mass is 1080 g/mol. The Labute approximate surface area is 469 Å². The minimum atomic E-state index is -4.71. The number of amides is 1. The summed E-state index contributed by atoms with van der Waals surface area (Å²) in [6, 6.07) is -0.903. The van der Waals surface area contributed by atoms with Gasteiger partial charge in [0, 0.05) is 12.8 Å². The Kier molecular flexibility index (Phi) is 53.5. The van der Waals surface area contributed by atoms with E-state index in [2.05, 4.69) is 99.0 Å². The van der Waals surface area contributed by atoms with E-state index in [1.165, 1.54) is 122 Å². The van der Waals surface area contributed by atoms with Crippen LogP contribution in [0.2, 0.25) is 0 Å². The maximum Gasteiger partial charge on any atom is 0.306 e. The Balaban J connectivity index is 5.24. The quantitative estimate of drug-likeness (QED) is 0.0212. The molecule has 440 valence electrons. The minimum Gasteiger partial charge on any atom is -0.756 e. The summed E-state index contributed by atoms with van der Waals surface area (Å²) < 4.78 is 30.3. The SMILES string of the molecule is CC/C=C/C/C=C/C/C=C/CCCCCCC(=O)OC(/C=C\CCCCCCCCCCCCC)C(COP(=O)([O-])OCC[N+](C)(C)C)NC(=O)CCCCCCCCCCCC/C=C\C/C=C\C/C=C\CCCCC. The molecule has 0 aromatic carbocycles. The number of hydrogen-bond acceptors (Lipinski definition) is 7. The van der Waals surface area contributed by atoms with Crippen molar-refractivity contribution in [1.29, 1.82) is 0 Å². The molecule has 0 bridgehead atoms. The molecule has 0 radical (unpaired) electrons. The van der Waals surface area contributed by atoms with Gasteiger partial charge in [0.15, 0.2) is 0 Å². The molecule has 0 fully saturated rings. The molecule has 76 heavy (non-hydrogen) atoms. The molecule has 9 nitrogen and oxygen atoms in total. The Morgan fingerprint density at radius 2 is 0.842 bits per heavy atom. The zero-order valence-electron chi connectivity index (χ0n) is 50.2. The third kappa shape index (κ3) is 55.9. The van der Waals surface area contributed by atoms with Crippen molar-refractivity contribution in [3.05, 3.63) is 85.1 Å². The van der Waals surface area contributed by atoms with Crippen molar-refractivity contribution in [2.45, 2.75) is 283 Å². The molecule has 1 N–H and O–H groups in total. The number of quaternary nitrogens is 1. The number of carbonyl (C=O) groups excluding carboxylic acids is 2. The van der Waals surface area contributed by atoms with E-state index >= 15 is 0 Å². The van der Waals surface area contributed by atoms with E-state index in [1.807, 2.05) is 33.3 Å². The Morgan fingerprint density at radius 1 is 0.474 bits per heavy atom. The van der Waals surface area contributed by atoms with Crippen molar-refractivity contribution in [1.82, 2.24) is 5.32 Å². The van der Waals surface area contributed by atoms with Crippen LogP contribution in [-0.2, 0) is 27.9 Å². The van der Waals surface area contributed by atoms with Gasteiger partial charge in [0.1, 0.15) is 19.3 Å². The molecule has 0 aromatic rings. The van der Waals surface area contributed by atoms with Gasteiger partial charge in [-0.2, -0.15) is 0 Å². The Hall–Kier alpha value is -2.81. The molecule has 0 rings (SSSR count). The van der Waals surface area contributed by atoms with Gasteiger partial charge in [0.05, 0.1) is 33.8 Å². The van der Waals surface area contributed by atoms with Gasteiger partial charge in [0.25, 0.3) is 7.82 Å². The van der Waals surface area contributed by atoms with Crippen LogP contribution in [0.1, 0.15) is 271 Å². The van der Waals surface area contributed by atoms with Crippen LogP contribution in [0, 0.1) is 0 Å². The molecule has 0 spiro atoms. The van der Waals surface area contributed by atoms with E-state index in [9.17, 15) is 19.0 Å². The lowest BCUT2D eigenvalue weighted by atomic mass is 10.0. The summed E-state index contributed by atoms with van der Waals surface area (Å²) in [5.74, 6) is -0.571. The molecule has 10 heteroatoms. The smallest absolute Gasteiger partial charge is 0.306 e. The second kappa shape index (κ2) is 55.5. The molecule has 0 aliphatic carbocycles.